The number of nitrogens with one attached hydrogen (secondary N) is 1. The maximum atomic E-state index is 11.8. The van der Waals surface area contributed by atoms with Crippen molar-refractivity contribution in [1.29, 1.82) is 0 Å². The molecule has 0 aromatic heterocycles. The Hall–Kier alpha value is -1.36. The summed E-state index contributed by atoms with van der Waals surface area (Å²) in [6.45, 7) is 5.91. The van der Waals surface area contributed by atoms with E-state index in [1.54, 1.807) is 0 Å². The number of alkyl halides is 1. The molecule has 1 unspecified atom stereocenters. The van der Waals surface area contributed by atoms with Gasteiger partial charge in [0, 0.05) is 17.4 Å². The van der Waals surface area contributed by atoms with Crippen LogP contribution in [0.4, 0.5) is 5.69 Å². The monoisotopic (exact) mass is 343 g/mol. The lowest BCUT2D eigenvalue weighted by Gasteiger charge is -2.12. The number of carbonyl (C=O) groups is 2. The lowest BCUT2D eigenvalue weighted by molar-refractivity contribution is -0.146. The van der Waals surface area contributed by atoms with Crippen molar-refractivity contribution in [3.8, 4) is 0 Å². The number of halogens is 1. The summed E-state index contributed by atoms with van der Waals surface area (Å²) < 4.78 is 4.63. The van der Waals surface area contributed by atoms with E-state index in [9.17, 15) is 9.59 Å². The number of amides is 1. The molecule has 0 aliphatic carbocycles. The number of rotatable bonds is 5. The van der Waals surface area contributed by atoms with Gasteiger partial charge in [-0.05, 0) is 18.6 Å². The topological polar surface area (TPSA) is 55.4 Å². The summed E-state index contributed by atoms with van der Waals surface area (Å²) in [6.07, 6.45) is 0.103. The summed E-state index contributed by atoms with van der Waals surface area (Å²) in [5.74, 6) is -1.04. The van der Waals surface area contributed by atoms with Crippen molar-refractivity contribution in [3.63, 3.8) is 0 Å². The van der Waals surface area contributed by atoms with E-state index in [1.165, 1.54) is 7.11 Å². The predicted octanol–water partition coefficient (Wildman–Crippen LogP) is 3.53. The number of para-hydroxylation sites is 1. The highest BCUT2D eigenvalue weighted by molar-refractivity contribution is 9.09. The van der Waals surface area contributed by atoms with Crippen molar-refractivity contribution in [1.82, 2.24) is 0 Å². The Morgan fingerprint density at radius 3 is 2.40 bits per heavy atom. The number of benzene rings is 1. The number of methoxy groups -OCH3 is 1. The zero-order chi connectivity index (χ0) is 15.5. The van der Waals surface area contributed by atoms with Crippen LogP contribution in [-0.2, 0) is 14.3 Å². The van der Waals surface area contributed by atoms with Gasteiger partial charge in [-0.1, -0.05) is 48.0 Å². The van der Waals surface area contributed by atoms with Crippen LogP contribution in [0, 0.1) is 12.8 Å². The zero-order valence-corrected chi connectivity index (χ0v) is 14.0. The van der Waals surface area contributed by atoms with Crippen LogP contribution in [0.1, 0.15) is 25.8 Å². The van der Waals surface area contributed by atoms with Crippen LogP contribution in [0.5, 0.6) is 0 Å². The van der Waals surface area contributed by atoms with E-state index < -0.39 is 5.92 Å². The van der Waals surface area contributed by atoms with Gasteiger partial charge in [0.2, 0.25) is 5.91 Å². The highest BCUT2D eigenvalue weighted by atomic mass is 79.9. The maximum Gasteiger partial charge on any atom is 0.310 e. The quantitative estimate of drug-likeness (QED) is 0.657. The molecule has 1 amide bonds. The highest BCUT2D eigenvalue weighted by Gasteiger charge is 2.21. The van der Waals surface area contributed by atoms with Crippen LogP contribution < -0.4 is 5.32 Å². The van der Waals surface area contributed by atoms with Gasteiger partial charge < -0.3 is 10.1 Å². The summed E-state index contributed by atoms with van der Waals surface area (Å²) in [6, 6.07) is 7.50. The van der Waals surface area contributed by atoms with Gasteiger partial charge >= 0.3 is 5.97 Å². The van der Waals surface area contributed by atoms with Crippen LogP contribution >= 0.6 is 15.9 Å². The molecule has 1 aromatic rings. The lowest BCUT2D eigenvalue weighted by Crippen LogP contribution is -2.24. The van der Waals surface area contributed by atoms with Crippen LogP contribution in [0.15, 0.2) is 24.3 Å². The minimum atomic E-state index is -0.459. The molecule has 0 radical (unpaired) electrons. The van der Waals surface area contributed by atoms with Gasteiger partial charge in [0.15, 0.2) is 0 Å². The van der Waals surface area contributed by atoms with E-state index in [1.807, 2.05) is 45.0 Å². The molecular formula is C15H22BrNO3. The fraction of sp³-hybridized carbons (Fsp3) is 0.467. The van der Waals surface area contributed by atoms with Gasteiger partial charge in [-0.15, -0.1) is 0 Å². The lowest BCUT2D eigenvalue weighted by atomic mass is 10.1. The number of aryl methyl sites for hydroxylation is 1. The van der Waals surface area contributed by atoms with Crippen molar-refractivity contribution in [2.75, 3.05) is 17.8 Å². The number of anilines is 1. The minimum Gasteiger partial charge on any atom is -0.469 e. The van der Waals surface area contributed by atoms with Crippen molar-refractivity contribution in [3.05, 3.63) is 29.8 Å². The third kappa shape index (κ3) is 6.19. The number of hydrogen-bond acceptors (Lipinski definition) is 3. The van der Waals surface area contributed by atoms with Gasteiger partial charge in [0.05, 0.1) is 13.0 Å². The second-order valence-electron chi connectivity index (χ2n) is 3.94. The molecule has 1 N–H and O–H groups in total. The van der Waals surface area contributed by atoms with Crippen molar-refractivity contribution >= 4 is 33.5 Å². The largest absolute Gasteiger partial charge is 0.469 e. The maximum absolute atomic E-state index is 11.8. The summed E-state index contributed by atoms with van der Waals surface area (Å²) in [4.78, 5) is 23.2. The molecule has 0 saturated carbocycles. The van der Waals surface area contributed by atoms with Crippen molar-refractivity contribution in [2.45, 2.75) is 27.2 Å². The molecule has 0 fully saturated rings. The highest BCUT2D eigenvalue weighted by Crippen LogP contribution is 2.15. The molecule has 1 atom stereocenters. The second kappa shape index (κ2) is 10.4. The predicted molar refractivity (Wildman–Crippen MR) is 85.1 cm³/mol. The van der Waals surface area contributed by atoms with Crippen LogP contribution in [0.3, 0.4) is 0 Å². The molecule has 1 aromatic carbocycles. The summed E-state index contributed by atoms with van der Waals surface area (Å²) in [5, 5.41) is 3.19. The summed E-state index contributed by atoms with van der Waals surface area (Å²) >= 11 is 3.20. The van der Waals surface area contributed by atoms with Crippen molar-refractivity contribution < 1.29 is 14.3 Å². The Labute approximate surface area is 129 Å². The molecule has 4 nitrogen and oxygen atoms in total. The summed E-state index contributed by atoms with van der Waals surface area (Å²) in [5.41, 5.74) is 1.75. The number of carbonyl (C=O) groups excluding carboxylic acids is 2. The summed E-state index contributed by atoms with van der Waals surface area (Å²) in [7, 11) is 1.32. The number of esters is 1. The fourth-order valence-corrected chi connectivity index (χ4v) is 2.00. The Kier molecular flexibility index (Phi) is 9.72. The fourth-order valence-electron chi connectivity index (χ4n) is 1.51. The third-order valence-corrected chi connectivity index (χ3v) is 3.35. The molecule has 0 bridgehead atoms. The molecule has 20 heavy (non-hydrogen) atoms. The van der Waals surface area contributed by atoms with Crippen molar-refractivity contribution in [2.24, 2.45) is 5.92 Å². The Bertz CT molecular complexity index is 435. The van der Waals surface area contributed by atoms with Gasteiger partial charge in [-0.25, -0.2) is 0 Å². The SMILES string of the molecule is CC.COC(=O)C(CBr)CC(=O)Nc1ccccc1C. The third-order valence-electron chi connectivity index (χ3n) is 2.57. The Morgan fingerprint density at radius 1 is 1.30 bits per heavy atom. The second-order valence-corrected chi connectivity index (χ2v) is 4.59. The first-order valence-corrected chi connectivity index (χ1v) is 7.70. The molecule has 0 heterocycles. The van der Waals surface area contributed by atoms with Gasteiger partial charge in [-0.3, -0.25) is 9.59 Å². The first-order valence-electron chi connectivity index (χ1n) is 6.57. The standard InChI is InChI=1S/C13H16BrNO3.C2H6/c1-9-5-3-4-6-11(9)15-12(16)7-10(8-14)13(17)18-2;1-2/h3-6,10H,7-8H2,1-2H3,(H,15,16);1-2H3. The van der Waals surface area contributed by atoms with Crippen LogP contribution in [0.2, 0.25) is 0 Å². The number of ether oxygens (including phenoxy) is 1. The molecule has 0 spiro atoms. The minimum absolute atomic E-state index is 0.103. The van der Waals surface area contributed by atoms with E-state index in [0.29, 0.717) is 5.33 Å². The first kappa shape index (κ1) is 18.6. The molecule has 5 heteroatoms. The average molecular weight is 344 g/mol. The smallest absolute Gasteiger partial charge is 0.310 e. The van der Waals surface area contributed by atoms with Gasteiger partial charge in [0.1, 0.15) is 0 Å². The van der Waals surface area contributed by atoms with Gasteiger partial charge in [0.25, 0.3) is 0 Å². The Balaban J connectivity index is 0.00000172. The van der Waals surface area contributed by atoms with E-state index in [0.717, 1.165) is 11.3 Å². The molecule has 0 aliphatic rings. The number of hydrogen-bond donors (Lipinski definition) is 1. The van der Waals surface area contributed by atoms with Crippen LogP contribution in [-0.4, -0.2) is 24.3 Å². The average Bonchev–Trinajstić information content (AvgIpc) is 2.48. The molecular weight excluding hydrogens is 322 g/mol. The molecule has 0 aliphatic heterocycles. The normalized spacial score (nSPS) is 10.8. The van der Waals surface area contributed by atoms with E-state index in [4.69, 9.17) is 0 Å². The zero-order valence-electron chi connectivity index (χ0n) is 12.4. The van der Waals surface area contributed by atoms with Gasteiger partial charge in [-0.2, -0.15) is 0 Å². The molecule has 0 saturated heterocycles. The van der Waals surface area contributed by atoms with Crippen LogP contribution in [0.25, 0.3) is 0 Å². The van der Waals surface area contributed by atoms with E-state index >= 15 is 0 Å². The van der Waals surface area contributed by atoms with E-state index in [2.05, 4.69) is 26.0 Å². The van der Waals surface area contributed by atoms with E-state index in [-0.39, 0.29) is 18.3 Å². The molecule has 1 rings (SSSR count). The first-order chi connectivity index (χ1) is 9.58. The Morgan fingerprint density at radius 2 is 1.90 bits per heavy atom. The molecule has 112 valence electrons.